The molecule has 0 aliphatic carbocycles. The number of benzene rings is 2. The number of piperazine rings is 1. The van der Waals surface area contributed by atoms with Crippen LogP contribution in [0.4, 0.5) is 0 Å². The summed E-state index contributed by atoms with van der Waals surface area (Å²) in [5, 5.41) is 2.01. The highest BCUT2D eigenvalue weighted by atomic mass is 32.1. The summed E-state index contributed by atoms with van der Waals surface area (Å²) in [6.45, 7) is 4.14. The zero-order valence-electron chi connectivity index (χ0n) is 20.7. The minimum absolute atomic E-state index is 0.172. The summed E-state index contributed by atoms with van der Waals surface area (Å²) in [4.78, 5) is 29.8. The number of carbonyl (C=O) groups excluding carboxylic acids is 2. The van der Waals surface area contributed by atoms with Crippen LogP contribution in [0.15, 0.2) is 66.0 Å². The van der Waals surface area contributed by atoms with Crippen molar-refractivity contribution in [1.82, 2.24) is 9.80 Å². The van der Waals surface area contributed by atoms with Crippen molar-refractivity contribution in [3.05, 3.63) is 87.6 Å². The summed E-state index contributed by atoms with van der Waals surface area (Å²) in [5.41, 5.74) is 2.52. The minimum atomic E-state index is -0.357. The van der Waals surface area contributed by atoms with Crippen molar-refractivity contribution in [2.75, 3.05) is 46.9 Å². The fraction of sp³-hybridized carbons (Fsp3) is 0.357. The summed E-state index contributed by atoms with van der Waals surface area (Å²) in [5.74, 6) is 0.616. The van der Waals surface area contributed by atoms with E-state index in [-0.39, 0.29) is 18.0 Å². The fourth-order valence-electron chi connectivity index (χ4n) is 4.24. The Kier molecular flexibility index (Phi) is 9.11. The summed E-state index contributed by atoms with van der Waals surface area (Å²) in [7, 11) is 3.03. The summed E-state index contributed by atoms with van der Waals surface area (Å²) < 4.78 is 16.6. The first-order valence-electron chi connectivity index (χ1n) is 12.0. The average Bonchev–Trinajstić information content (AvgIpc) is 3.44. The molecule has 0 spiro atoms. The van der Waals surface area contributed by atoms with E-state index in [9.17, 15) is 9.59 Å². The number of esters is 1. The van der Waals surface area contributed by atoms with Crippen molar-refractivity contribution >= 4 is 23.2 Å². The monoisotopic (exact) mass is 508 g/mol. The molecule has 0 radical (unpaired) electrons. The first-order valence-corrected chi connectivity index (χ1v) is 12.9. The maximum absolute atomic E-state index is 12.7. The lowest BCUT2D eigenvalue weighted by Gasteiger charge is -2.36. The molecule has 1 amide bonds. The maximum Gasteiger partial charge on any atom is 0.337 e. The molecule has 1 aromatic heterocycles. The van der Waals surface area contributed by atoms with Crippen LogP contribution in [-0.2, 0) is 27.3 Å². The van der Waals surface area contributed by atoms with Gasteiger partial charge in [0.1, 0.15) is 5.75 Å². The highest BCUT2D eigenvalue weighted by Crippen LogP contribution is 2.25. The number of hydrogen-bond donors (Lipinski definition) is 0. The number of rotatable bonds is 10. The molecule has 1 saturated heterocycles. The molecule has 2 aromatic carbocycles. The molecular formula is C28H32N2O5S. The van der Waals surface area contributed by atoms with Gasteiger partial charge in [-0.15, -0.1) is 11.3 Å². The largest absolute Gasteiger partial charge is 0.497 e. The molecule has 0 unspecified atom stereocenters. The Hall–Kier alpha value is -3.20. The van der Waals surface area contributed by atoms with Crippen LogP contribution in [0.25, 0.3) is 0 Å². The highest BCUT2D eigenvalue weighted by Gasteiger charge is 2.24. The van der Waals surface area contributed by atoms with Gasteiger partial charge in [-0.2, -0.15) is 0 Å². The van der Waals surface area contributed by atoms with Gasteiger partial charge in [0.15, 0.2) is 0 Å². The standard InChI is InChI=1S/C28H32N2O5S/c1-33-24-6-3-5-23(17-24)26(35-20-21-8-10-22(11-9-21)28(32)34-2)19-29-12-14-30(15-13-29)27(31)18-25-7-4-16-36-25/h3-11,16-17,26H,12-15,18-20H2,1-2H3/t26-/m0/s1. The van der Waals surface area contributed by atoms with E-state index in [0.717, 1.165) is 34.8 Å². The van der Waals surface area contributed by atoms with Crippen LogP contribution in [0, 0.1) is 0 Å². The van der Waals surface area contributed by atoms with Crippen LogP contribution in [-0.4, -0.2) is 68.6 Å². The number of carbonyl (C=O) groups is 2. The van der Waals surface area contributed by atoms with Crippen molar-refractivity contribution in [2.45, 2.75) is 19.1 Å². The van der Waals surface area contributed by atoms with Gasteiger partial charge in [-0.25, -0.2) is 4.79 Å². The normalized spacial score (nSPS) is 14.9. The molecule has 2 heterocycles. The molecule has 1 fully saturated rings. The van der Waals surface area contributed by atoms with Crippen molar-refractivity contribution in [1.29, 1.82) is 0 Å². The van der Waals surface area contributed by atoms with Crippen molar-refractivity contribution in [2.24, 2.45) is 0 Å². The van der Waals surface area contributed by atoms with Crippen LogP contribution >= 0.6 is 11.3 Å². The molecule has 8 heteroatoms. The van der Waals surface area contributed by atoms with Gasteiger partial charge in [0, 0.05) is 37.6 Å². The summed E-state index contributed by atoms with van der Waals surface area (Å²) in [6.07, 6.45) is 0.302. The third-order valence-electron chi connectivity index (χ3n) is 6.35. The Morgan fingerprint density at radius 2 is 1.75 bits per heavy atom. The Morgan fingerprint density at radius 3 is 2.42 bits per heavy atom. The van der Waals surface area contributed by atoms with E-state index in [0.29, 0.717) is 38.2 Å². The van der Waals surface area contributed by atoms with E-state index in [1.54, 1.807) is 30.6 Å². The van der Waals surface area contributed by atoms with E-state index in [1.807, 2.05) is 58.8 Å². The first-order chi connectivity index (χ1) is 17.6. The van der Waals surface area contributed by atoms with E-state index in [2.05, 4.69) is 4.90 Å². The number of amides is 1. The van der Waals surface area contributed by atoms with Gasteiger partial charge in [-0.05, 0) is 46.8 Å². The molecule has 0 N–H and O–H groups in total. The predicted octanol–water partition coefficient (Wildman–Crippen LogP) is 4.19. The zero-order valence-corrected chi connectivity index (χ0v) is 21.5. The second-order valence-corrected chi connectivity index (χ2v) is 9.73. The molecule has 1 aliphatic heterocycles. The topological polar surface area (TPSA) is 68.3 Å². The Labute approximate surface area is 216 Å². The van der Waals surface area contributed by atoms with E-state index < -0.39 is 0 Å². The first kappa shape index (κ1) is 25.9. The van der Waals surface area contributed by atoms with Crippen molar-refractivity contribution < 1.29 is 23.8 Å². The quantitative estimate of drug-likeness (QED) is 0.383. The number of hydrogen-bond acceptors (Lipinski definition) is 7. The lowest BCUT2D eigenvalue weighted by atomic mass is 10.1. The summed E-state index contributed by atoms with van der Waals surface area (Å²) in [6, 6.07) is 19.2. The molecule has 0 bridgehead atoms. The molecule has 1 aliphatic rings. The number of methoxy groups -OCH3 is 2. The third-order valence-corrected chi connectivity index (χ3v) is 7.22. The number of nitrogens with zero attached hydrogens (tertiary/aromatic N) is 2. The fourth-order valence-corrected chi connectivity index (χ4v) is 4.93. The van der Waals surface area contributed by atoms with Gasteiger partial charge in [-0.1, -0.05) is 30.3 Å². The molecule has 36 heavy (non-hydrogen) atoms. The Bertz CT molecular complexity index is 1130. The molecule has 190 valence electrons. The third kappa shape index (κ3) is 6.94. The number of ether oxygens (including phenoxy) is 3. The van der Waals surface area contributed by atoms with Crippen LogP contribution in [0.5, 0.6) is 5.75 Å². The molecule has 3 aromatic rings. The highest BCUT2D eigenvalue weighted by molar-refractivity contribution is 7.10. The van der Waals surface area contributed by atoms with Gasteiger partial charge in [0.05, 0.1) is 38.9 Å². The predicted molar refractivity (Wildman–Crippen MR) is 139 cm³/mol. The van der Waals surface area contributed by atoms with Crippen molar-refractivity contribution in [3.63, 3.8) is 0 Å². The Balaban J connectivity index is 1.38. The zero-order chi connectivity index (χ0) is 25.3. The second-order valence-electron chi connectivity index (χ2n) is 8.70. The SMILES string of the molecule is COC(=O)c1ccc(CO[C@@H](CN2CCN(C(=O)Cc3cccs3)CC2)c2cccc(OC)c2)cc1. The smallest absolute Gasteiger partial charge is 0.337 e. The lowest BCUT2D eigenvalue weighted by molar-refractivity contribution is -0.132. The Morgan fingerprint density at radius 1 is 0.972 bits per heavy atom. The van der Waals surface area contributed by atoms with Crippen LogP contribution in [0.2, 0.25) is 0 Å². The van der Waals surface area contributed by atoms with Gasteiger partial charge in [0.2, 0.25) is 5.91 Å². The lowest BCUT2D eigenvalue weighted by Crippen LogP contribution is -2.50. The second kappa shape index (κ2) is 12.7. The maximum atomic E-state index is 12.7. The van der Waals surface area contributed by atoms with Gasteiger partial charge < -0.3 is 19.1 Å². The summed E-state index contributed by atoms with van der Waals surface area (Å²) >= 11 is 1.62. The van der Waals surface area contributed by atoms with Crippen LogP contribution in [0.3, 0.4) is 0 Å². The number of thiophene rings is 1. The van der Waals surface area contributed by atoms with E-state index in [4.69, 9.17) is 14.2 Å². The van der Waals surface area contributed by atoms with Gasteiger partial charge in [0.25, 0.3) is 0 Å². The van der Waals surface area contributed by atoms with E-state index in [1.165, 1.54) is 7.11 Å². The van der Waals surface area contributed by atoms with Gasteiger partial charge in [-0.3, -0.25) is 9.69 Å². The molecule has 1 atom stereocenters. The molecule has 4 rings (SSSR count). The van der Waals surface area contributed by atoms with Crippen LogP contribution in [0.1, 0.15) is 32.5 Å². The van der Waals surface area contributed by atoms with Crippen molar-refractivity contribution in [3.8, 4) is 5.75 Å². The minimum Gasteiger partial charge on any atom is -0.497 e. The molecule has 7 nitrogen and oxygen atoms in total. The van der Waals surface area contributed by atoms with E-state index >= 15 is 0 Å². The van der Waals surface area contributed by atoms with Gasteiger partial charge >= 0.3 is 5.97 Å². The van der Waals surface area contributed by atoms with Crippen LogP contribution < -0.4 is 4.74 Å². The average molecular weight is 509 g/mol. The molecule has 0 saturated carbocycles. The molecular weight excluding hydrogens is 476 g/mol.